The van der Waals surface area contributed by atoms with Gasteiger partial charge in [-0.2, -0.15) is 0 Å². The van der Waals surface area contributed by atoms with Crippen LogP contribution >= 0.6 is 0 Å². The van der Waals surface area contributed by atoms with Gasteiger partial charge < -0.3 is 14.2 Å². The highest BCUT2D eigenvalue weighted by atomic mass is 32.2. The van der Waals surface area contributed by atoms with Crippen molar-refractivity contribution in [2.75, 3.05) is 20.3 Å². The van der Waals surface area contributed by atoms with Crippen LogP contribution in [0.5, 0.6) is 5.88 Å². The fraction of sp³-hybridized carbons (Fsp3) is 0.500. The predicted octanol–water partition coefficient (Wildman–Crippen LogP) is 1.36. The van der Waals surface area contributed by atoms with Crippen LogP contribution < -0.4 is 9.88 Å². The molecule has 0 aliphatic carbocycles. The molecular formula is C22H29N7O5S. The molecule has 3 aromatic heterocycles. The smallest absolute Gasteiger partial charge is 0.224 e. The minimum atomic E-state index is -4.16. The third kappa shape index (κ3) is 4.51. The normalized spacial score (nSPS) is 18.2. The molecule has 0 bridgehead atoms. The van der Waals surface area contributed by atoms with Crippen molar-refractivity contribution < 1.29 is 22.6 Å². The van der Waals surface area contributed by atoms with Crippen LogP contribution in [0.4, 0.5) is 0 Å². The van der Waals surface area contributed by atoms with E-state index in [1.807, 2.05) is 20.8 Å². The molecule has 3 atom stereocenters. The Morgan fingerprint density at radius 1 is 1.23 bits per heavy atom. The minimum absolute atomic E-state index is 0.0573. The highest BCUT2D eigenvalue weighted by Gasteiger charge is 2.53. The molecule has 0 fully saturated rings. The van der Waals surface area contributed by atoms with Crippen LogP contribution in [0.25, 0.3) is 11.4 Å². The van der Waals surface area contributed by atoms with Crippen molar-refractivity contribution >= 4 is 10.0 Å². The summed E-state index contributed by atoms with van der Waals surface area (Å²) in [7, 11) is -2.79. The van der Waals surface area contributed by atoms with Crippen molar-refractivity contribution in [2.24, 2.45) is 5.14 Å². The number of sulfonamides is 1. The molecule has 188 valence electrons. The van der Waals surface area contributed by atoms with Gasteiger partial charge in [0.05, 0.1) is 24.3 Å². The molecule has 0 saturated heterocycles. The SMILES string of the molecule is COC(c1ncc(C)cn1)(c1nnc2n1[C@@H](COC(C)C)COc1ncccc1-2)C(C)S(N)(=O)=O. The van der Waals surface area contributed by atoms with Crippen LogP contribution in [-0.2, 0) is 25.1 Å². The van der Waals surface area contributed by atoms with E-state index in [4.69, 9.17) is 19.3 Å². The third-order valence-electron chi connectivity index (χ3n) is 5.94. The summed E-state index contributed by atoms with van der Waals surface area (Å²) in [5.41, 5.74) is -0.398. The lowest BCUT2D eigenvalue weighted by atomic mass is 9.96. The second-order valence-electron chi connectivity index (χ2n) is 8.68. The Labute approximate surface area is 203 Å². The Balaban J connectivity index is 2.03. The molecule has 2 unspecified atom stereocenters. The van der Waals surface area contributed by atoms with Gasteiger partial charge in [0.1, 0.15) is 11.9 Å². The number of methoxy groups -OCH3 is 1. The molecule has 1 aliphatic rings. The highest BCUT2D eigenvalue weighted by Crippen LogP contribution is 2.41. The first-order valence-corrected chi connectivity index (χ1v) is 12.7. The van der Waals surface area contributed by atoms with E-state index in [9.17, 15) is 8.42 Å². The molecule has 4 rings (SSSR count). The van der Waals surface area contributed by atoms with Crippen LogP contribution in [0.3, 0.4) is 0 Å². The van der Waals surface area contributed by atoms with Crippen molar-refractivity contribution in [1.29, 1.82) is 0 Å². The molecule has 12 nitrogen and oxygen atoms in total. The Morgan fingerprint density at radius 3 is 2.57 bits per heavy atom. The van der Waals surface area contributed by atoms with Crippen molar-refractivity contribution in [2.45, 2.75) is 50.7 Å². The maximum Gasteiger partial charge on any atom is 0.224 e. The summed E-state index contributed by atoms with van der Waals surface area (Å²) in [6.07, 6.45) is 4.72. The number of hydrogen-bond donors (Lipinski definition) is 1. The number of hydrogen-bond acceptors (Lipinski definition) is 10. The first-order valence-electron chi connectivity index (χ1n) is 11.1. The van der Waals surface area contributed by atoms with Gasteiger partial charge in [0.2, 0.25) is 21.5 Å². The number of ether oxygens (including phenoxy) is 3. The molecular weight excluding hydrogens is 474 g/mol. The van der Waals surface area contributed by atoms with Crippen molar-refractivity contribution in [3.63, 3.8) is 0 Å². The van der Waals surface area contributed by atoms with Crippen molar-refractivity contribution in [3.8, 4) is 17.3 Å². The van der Waals surface area contributed by atoms with E-state index in [1.54, 1.807) is 35.3 Å². The van der Waals surface area contributed by atoms with Crippen LogP contribution in [0.1, 0.15) is 44.0 Å². The van der Waals surface area contributed by atoms with E-state index in [2.05, 4.69) is 25.1 Å². The summed E-state index contributed by atoms with van der Waals surface area (Å²) in [5.74, 6) is 1.06. The Hall–Kier alpha value is -3.00. The largest absolute Gasteiger partial charge is 0.475 e. The standard InChI is InChI=1S/C22H29N7O5S/c1-13(2)33-11-16-12-34-19-17(7-6-8-24-19)18-27-28-21(29(16)18)22(32-5,15(4)35(23,30)31)20-25-9-14(3)10-26-20/h6-10,13,15-16H,11-12H2,1-5H3,(H2,23,30,31)/t15?,16-,22?/m0/s1. The lowest BCUT2D eigenvalue weighted by Gasteiger charge is -2.35. The molecule has 0 spiro atoms. The molecule has 0 radical (unpaired) electrons. The Bertz CT molecular complexity index is 1300. The third-order valence-corrected chi connectivity index (χ3v) is 7.26. The van der Waals surface area contributed by atoms with E-state index in [0.29, 0.717) is 17.3 Å². The molecule has 3 aromatic rings. The number of pyridine rings is 1. The maximum atomic E-state index is 12.7. The average molecular weight is 504 g/mol. The first kappa shape index (κ1) is 25.1. The van der Waals surface area contributed by atoms with Crippen LogP contribution in [-0.4, -0.2) is 69.8 Å². The molecule has 1 aliphatic heterocycles. The number of primary sulfonamides is 1. The number of nitrogens with two attached hydrogens (primary N) is 1. The van der Waals surface area contributed by atoms with Gasteiger partial charge >= 0.3 is 0 Å². The fourth-order valence-corrected chi connectivity index (χ4v) is 4.82. The quantitative estimate of drug-likeness (QED) is 0.476. The number of aromatic nitrogens is 6. The minimum Gasteiger partial charge on any atom is -0.475 e. The van der Waals surface area contributed by atoms with Gasteiger partial charge in [-0.15, -0.1) is 10.2 Å². The summed E-state index contributed by atoms with van der Waals surface area (Å²) in [6, 6.07) is 3.11. The lowest BCUT2D eigenvalue weighted by Crippen LogP contribution is -2.51. The molecule has 0 saturated carbocycles. The van der Waals surface area contributed by atoms with Crippen molar-refractivity contribution in [3.05, 3.63) is 47.9 Å². The van der Waals surface area contributed by atoms with E-state index < -0.39 is 26.9 Å². The summed E-state index contributed by atoms with van der Waals surface area (Å²) in [5, 5.41) is 13.2. The monoisotopic (exact) mass is 503 g/mol. The molecule has 0 amide bonds. The highest BCUT2D eigenvalue weighted by molar-refractivity contribution is 7.89. The first-order chi connectivity index (χ1) is 16.6. The van der Waals surface area contributed by atoms with Gasteiger partial charge in [-0.1, -0.05) is 0 Å². The summed E-state index contributed by atoms with van der Waals surface area (Å²) in [6.45, 7) is 7.52. The van der Waals surface area contributed by atoms with Crippen LogP contribution in [0.2, 0.25) is 0 Å². The lowest BCUT2D eigenvalue weighted by molar-refractivity contribution is -0.00406. The average Bonchev–Trinajstić information content (AvgIpc) is 3.19. The summed E-state index contributed by atoms with van der Waals surface area (Å²) < 4.78 is 45.1. The van der Waals surface area contributed by atoms with Gasteiger partial charge in [0.15, 0.2) is 17.5 Å². The summed E-state index contributed by atoms with van der Waals surface area (Å²) in [4.78, 5) is 13.2. The number of rotatable bonds is 8. The fourth-order valence-electron chi connectivity index (χ4n) is 4.05. The molecule has 2 N–H and O–H groups in total. The topological polar surface area (TPSA) is 157 Å². The number of fused-ring (bicyclic) bond motifs is 3. The van der Waals surface area contributed by atoms with Crippen LogP contribution in [0.15, 0.2) is 30.7 Å². The van der Waals surface area contributed by atoms with Gasteiger partial charge in [0.25, 0.3) is 0 Å². The Morgan fingerprint density at radius 2 is 1.94 bits per heavy atom. The zero-order chi connectivity index (χ0) is 25.4. The molecule has 35 heavy (non-hydrogen) atoms. The van der Waals surface area contributed by atoms with E-state index in [1.165, 1.54) is 14.0 Å². The number of aryl methyl sites for hydroxylation is 1. The predicted molar refractivity (Wildman–Crippen MR) is 126 cm³/mol. The van der Waals surface area contributed by atoms with Gasteiger partial charge in [0, 0.05) is 25.7 Å². The maximum absolute atomic E-state index is 12.7. The molecule has 4 heterocycles. The van der Waals surface area contributed by atoms with E-state index in [0.717, 1.165) is 5.56 Å². The van der Waals surface area contributed by atoms with Crippen LogP contribution in [0, 0.1) is 6.92 Å². The second-order valence-corrected chi connectivity index (χ2v) is 10.6. The number of nitrogens with zero attached hydrogens (tertiary/aromatic N) is 6. The summed E-state index contributed by atoms with van der Waals surface area (Å²) >= 11 is 0. The van der Waals surface area contributed by atoms with E-state index in [-0.39, 0.29) is 31.0 Å². The van der Waals surface area contributed by atoms with Gasteiger partial charge in [-0.3, -0.25) is 4.57 Å². The van der Waals surface area contributed by atoms with Gasteiger partial charge in [-0.25, -0.2) is 28.5 Å². The van der Waals surface area contributed by atoms with E-state index >= 15 is 0 Å². The molecule has 0 aromatic carbocycles. The van der Waals surface area contributed by atoms with Crippen molar-refractivity contribution in [1.82, 2.24) is 29.7 Å². The molecule has 13 heteroatoms. The van der Waals surface area contributed by atoms with Gasteiger partial charge in [-0.05, 0) is 45.4 Å². The Kier molecular flexibility index (Phi) is 6.86. The zero-order valence-corrected chi connectivity index (χ0v) is 21.1. The zero-order valence-electron chi connectivity index (χ0n) is 20.2. The second kappa shape index (κ2) is 9.57.